The molecule has 0 saturated carbocycles. The van der Waals surface area contributed by atoms with Crippen LogP contribution in [0.15, 0.2) is 24.4 Å². The molecule has 1 unspecified atom stereocenters. The van der Waals surface area contributed by atoms with E-state index in [4.69, 9.17) is 23.2 Å². The zero-order valence-corrected chi connectivity index (χ0v) is 13.6. The molecule has 0 radical (unpaired) electrons. The highest BCUT2D eigenvalue weighted by atomic mass is 35.5. The number of hydrogen-bond donors (Lipinski definition) is 0. The third-order valence-electron chi connectivity index (χ3n) is 2.93. The minimum atomic E-state index is -0.167. The average molecular weight is 345 g/mol. The zero-order chi connectivity index (χ0) is 14.3. The number of benzene rings is 1. The molecule has 2 heterocycles. The first-order valence-corrected chi connectivity index (χ1v) is 8.50. The van der Waals surface area contributed by atoms with Crippen molar-refractivity contribution in [2.45, 2.75) is 12.3 Å². The van der Waals surface area contributed by atoms with Crippen LogP contribution >= 0.6 is 46.3 Å². The van der Waals surface area contributed by atoms with Crippen LogP contribution in [-0.2, 0) is 4.79 Å². The molecule has 1 aliphatic heterocycles. The lowest BCUT2D eigenvalue weighted by atomic mass is 10.2. The number of aryl methyl sites for hydroxylation is 1. The van der Waals surface area contributed by atoms with E-state index in [1.807, 2.05) is 19.1 Å². The van der Waals surface area contributed by atoms with Crippen LogP contribution in [0.2, 0.25) is 10.0 Å². The molecule has 0 aliphatic carbocycles. The van der Waals surface area contributed by atoms with Gasteiger partial charge in [0.1, 0.15) is 5.37 Å². The third kappa shape index (κ3) is 2.44. The van der Waals surface area contributed by atoms with Crippen molar-refractivity contribution in [3.8, 4) is 0 Å². The van der Waals surface area contributed by atoms with Crippen LogP contribution in [-0.4, -0.2) is 16.6 Å². The van der Waals surface area contributed by atoms with Crippen molar-refractivity contribution >= 4 is 57.3 Å². The number of nitrogens with zero attached hydrogens (tertiary/aromatic N) is 2. The molecular formula is C13H10Cl2N2OS2. The highest BCUT2D eigenvalue weighted by Crippen LogP contribution is 2.46. The molecule has 1 atom stereocenters. The summed E-state index contributed by atoms with van der Waals surface area (Å²) in [5.74, 6) is 0.469. The van der Waals surface area contributed by atoms with Crippen LogP contribution in [0.3, 0.4) is 0 Å². The lowest BCUT2D eigenvalue weighted by Gasteiger charge is -2.22. The van der Waals surface area contributed by atoms with E-state index in [0.29, 0.717) is 20.9 Å². The van der Waals surface area contributed by atoms with E-state index >= 15 is 0 Å². The maximum atomic E-state index is 12.2. The van der Waals surface area contributed by atoms with Crippen molar-refractivity contribution in [3.63, 3.8) is 0 Å². The van der Waals surface area contributed by atoms with E-state index in [1.165, 1.54) is 23.1 Å². The SMILES string of the molecule is Cc1cnc(N2C(=O)CSC2c2cccc(Cl)c2Cl)s1. The number of halogens is 2. The van der Waals surface area contributed by atoms with Crippen molar-refractivity contribution in [1.82, 2.24) is 4.98 Å². The topological polar surface area (TPSA) is 33.2 Å². The van der Waals surface area contributed by atoms with Gasteiger partial charge in [0.25, 0.3) is 0 Å². The smallest absolute Gasteiger partial charge is 0.240 e. The molecule has 104 valence electrons. The Morgan fingerprint density at radius 1 is 1.40 bits per heavy atom. The predicted octanol–water partition coefficient (Wildman–Crippen LogP) is 4.54. The number of hydrogen-bond acceptors (Lipinski definition) is 4. The Balaban J connectivity index is 2.04. The molecular weight excluding hydrogens is 335 g/mol. The number of carbonyl (C=O) groups is 1. The van der Waals surface area contributed by atoms with E-state index in [-0.39, 0.29) is 11.3 Å². The van der Waals surface area contributed by atoms with E-state index < -0.39 is 0 Å². The number of amides is 1. The first-order chi connectivity index (χ1) is 9.58. The van der Waals surface area contributed by atoms with Crippen molar-refractivity contribution in [2.75, 3.05) is 10.7 Å². The first-order valence-electron chi connectivity index (χ1n) is 5.88. The monoisotopic (exact) mass is 344 g/mol. The Labute approximate surface area is 134 Å². The molecule has 1 saturated heterocycles. The highest BCUT2D eigenvalue weighted by Gasteiger charge is 2.37. The number of rotatable bonds is 2. The molecule has 0 spiro atoms. The summed E-state index contributed by atoms with van der Waals surface area (Å²) in [7, 11) is 0. The molecule has 3 nitrogen and oxygen atoms in total. The van der Waals surface area contributed by atoms with E-state index in [9.17, 15) is 4.79 Å². The second-order valence-electron chi connectivity index (χ2n) is 4.32. The summed E-state index contributed by atoms with van der Waals surface area (Å²) in [5, 5.41) is 1.54. The molecule has 2 aromatic rings. The summed E-state index contributed by atoms with van der Waals surface area (Å²) in [4.78, 5) is 19.2. The Hall–Kier alpha value is -0.750. The summed E-state index contributed by atoms with van der Waals surface area (Å²) < 4.78 is 0. The largest absolute Gasteiger partial charge is 0.273 e. The fraction of sp³-hybridized carbons (Fsp3) is 0.231. The fourth-order valence-electron chi connectivity index (χ4n) is 2.03. The van der Waals surface area contributed by atoms with E-state index in [1.54, 1.807) is 17.2 Å². The van der Waals surface area contributed by atoms with Crippen LogP contribution in [0.25, 0.3) is 0 Å². The number of carbonyl (C=O) groups excluding carboxylic acids is 1. The summed E-state index contributed by atoms with van der Waals surface area (Å²) in [6, 6.07) is 5.49. The summed E-state index contributed by atoms with van der Waals surface area (Å²) in [6.07, 6.45) is 1.77. The van der Waals surface area contributed by atoms with Gasteiger partial charge in [-0.15, -0.1) is 23.1 Å². The van der Waals surface area contributed by atoms with Gasteiger partial charge in [0.15, 0.2) is 5.13 Å². The molecule has 1 aliphatic rings. The van der Waals surface area contributed by atoms with Crippen LogP contribution < -0.4 is 4.90 Å². The lowest BCUT2D eigenvalue weighted by molar-refractivity contribution is -0.115. The number of aromatic nitrogens is 1. The fourth-order valence-corrected chi connectivity index (χ4v) is 4.56. The van der Waals surface area contributed by atoms with Gasteiger partial charge in [-0.25, -0.2) is 4.98 Å². The molecule has 7 heteroatoms. The van der Waals surface area contributed by atoms with Crippen molar-refractivity contribution in [1.29, 1.82) is 0 Å². The Bertz CT molecular complexity index is 674. The minimum absolute atomic E-state index is 0.0467. The van der Waals surface area contributed by atoms with Crippen LogP contribution in [0.1, 0.15) is 15.8 Å². The standard InChI is InChI=1S/C13H10Cl2N2OS2/c1-7-5-16-13(20-7)17-10(18)6-19-12(17)8-3-2-4-9(14)11(8)15/h2-5,12H,6H2,1H3. The van der Waals surface area contributed by atoms with Gasteiger partial charge >= 0.3 is 0 Å². The molecule has 0 N–H and O–H groups in total. The highest BCUT2D eigenvalue weighted by molar-refractivity contribution is 8.00. The van der Waals surface area contributed by atoms with Crippen molar-refractivity contribution < 1.29 is 4.79 Å². The molecule has 1 amide bonds. The number of anilines is 1. The number of thiazole rings is 1. The van der Waals surface area contributed by atoms with Gasteiger partial charge in [-0.1, -0.05) is 35.3 Å². The predicted molar refractivity (Wildman–Crippen MR) is 86.0 cm³/mol. The third-order valence-corrected chi connectivity index (χ3v) is 5.87. The maximum Gasteiger partial charge on any atom is 0.240 e. The van der Waals surface area contributed by atoms with Gasteiger partial charge in [0, 0.05) is 16.6 Å². The van der Waals surface area contributed by atoms with Gasteiger partial charge in [0.05, 0.1) is 15.8 Å². The zero-order valence-electron chi connectivity index (χ0n) is 10.5. The summed E-state index contributed by atoms with van der Waals surface area (Å²) in [6.45, 7) is 1.97. The number of thioether (sulfide) groups is 1. The maximum absolute atomic E-state index is 12.2. The van der Waals surface area contributed by atoms with Gasteiger partial charge < -0.3 is 0 Å². The Morgan fingerprint density at radius 3 is 2.90 bits per heavy atom. The van der Waals surface area contributed by atoms with Gasteiger partial charge in [-0.2, -0.15) is 0 Å². The summed E-state index contributed by atoms with van der Waals surface area (Å²) in [5.41, 5.74) is 0.850. The molecule has 20 heavy (non-hydrogen) atoms. The Morgan fingerprint density at radius 2 is 2.20 bits per heavy atom. The summed E-state index contributed by atoms with van der Waals surface area (Å²) >= 11 is 15.4. The average Bonchev–Trinajstić information content (AvgIpc) is 2.99. The van der Waals surface area contributed by atoms with E-state index in [2.05, 4.69) is 4.98 Å². The molecule has 1 aromatic heterocycles. The van der Waals surface area contributed by atoms with Gasteiger partial charge in [0.2, 0.25) is 5.91 Å². The first kappa shape index (κ1) is 14.2. The van der Waals surface area contributed by atoms with Crippen molar-refractivity contribution in [3.05, 3.63) is 44.9 Å². The second-order valence-corrected chi connectivity index (χ2v) is 7.39. The van der Waals surface area contributed by atoms with E-state index in [0.717, 1.165) is 10.4 Å². The molecule has 3 rings (SSSR count). The Kier molecular flexibility index (Phi) is 3.95. The van der Waals surface area contributed by atoms with Crippen LogP contribution in [0.5, 0.6) is 0 Å². The van der Waals surface area contributed by atoms with Crippen LogP contribution in [0, 0.1) is 6.92 Å². The van der Waals surface area contributed by atoms with Crippen molar-refractivity contribution in [2.24, 2.45) is 0 Å². The second kappa shape index (κ2) is 5.56. The molecule has 1 aromatic carbocycles. The molecule has 0 bridgehead atoms. The molecule has 1 fully saturated rings. The normalized spacial score (nSPS) is 18.9. The minimum Gasteiger partial charge on any atom is -0.273 e. The lowest BCUT2D eigenvalue weighted by Crippen LogP contribution is -2.27. The van der Waals surface area contributed by atoms with Crippen LogP contribution in [0.4, 0.5) is 5.13 Å². The van der Waals surface area contributed by atoms with Gasteiger partial charge in [-0.05, 0) is 13.0 Å². The van der Waals surface area contributed by atoms with Gasteiger partial charge in [-0.3, -0.25) is 9.69 Å². The quantitative estimate of drug-likeness (QED) is 0.801.